The molecule has 1 unspecified atom stereocenters. The molecule has 29 heavy (non-hydrogen) atoms. The molecule has 0 amide bonds. The van der Waals surface area contributed by atoms with E-state index in [4.69, 9.17) is 10.8 Å². The monoisotopic (exact) mass is 412 g/mol. The number of tetrazole rings is 1. The van der Waals surface area contributed by atoms with Gasteiger partial charge < -0.3 is 15.7 Å². The van der Waals surface area contributed by atoms with Crippen molar-refractivity contribution < 1.29 is 9.90 Å². The molecule has 3 rings (SSSR count). The van der Waals surface area contributed by atoms with Crippen molar-refractivity contribution in [3.05, 3.63) is 54.1 Å². The van der Waals surface area contributed by atoms with Gasteiger partial charge in [0.25, 0.3) is 0 Å². The highest BCUT2D eigenvalue weighted by atomic mass is 32.2. The van der Waals surface area contributed by atoms with E-state index in [1.54, 1.807) is 4.68 Å². The predicted octanol–water partition coefficient (Wildman–Crippen LogP) is 2.01. The van der Waals surface area contributed by atoms with Crippen molar-refractivity contribution in [1.82, 2.24) is 25.1 Å². The Balaban J connectivity index is 1.77. The number of benzene rings is 2. The standard InChI is InChI=1S/C20H24N6O2S/c1-25(2)9-10-26-20(22-23-24-26)29-17-8-4-7-16(13-17)15-6-3-5-14(11-15)12-18(21)19(27)28/h3-8,11,13,18H,9-10,12,21H2,1-2H3,(H,27,28). The first-order valence-corrected chi connectivity index (χ1v) is 10.0. The van der Waals surface area contributed by atoms with Crippen molar-refractivity contribution in [2.24, 2.45) is 5.73 Å². The summed E-state index contributed by atoms with van der Waals surface area (Å²) in [5.74, 6) is -0.999. The van der Waals surface area contributed by atoms with Crippen LogP contribution < -0.4 is 5.73 Å². The number of aromatic nitrogens is 4. The fourth-order valence-corrected chi connectivity index (χ4v) is 3.62. The van der Waals surface area contributed by atoms with E-state index in [1.807, 2.05) is 56.6 Å². The van der Waals surface area contributed by atoms with Crippen LogP contribution in [0.15, 0.2) is 58.6 Å². The molecule has 2 aromatic carbocycles. The number of rotatable bonds is 9. The lowest BCUT2D eigenvalue weighted by molar-refractivity contribution is -0.138. The molecule has 152 valence electrons. The van der Waals surface area contributed by atoms with Gasteiger partial charge in [0, 0.05) is 11.4 Å². The van der Waals surface area contributed by atoms with E-state index < -0.39 is 12.0 Å². The third-order valence-electron chi connectivity index (χ3n) is 4.33. The lowest BCUT2D eigenvalue weighted by atomic mass is 10.00. The quantitative estimate of drug-likeness (QED) is 0.549. The van der Waals surface area contributed by atoms with Crippen LogP contribution in [-0.4, -0.2) is 62.9 Å². The summed E-state index contributed by atoms with van der Waals surface area (Å²) in [5.41, 5.74) is 8.60. The van der Waals surface area contributed by atoms with E-state index in [0.717, 1.165) is 33.3 Å². The summed E-state index contributed by atoms with van der Waals surface area (Å²) in [5, 5.41) is 21.8. The molecule has 0 saturated carbocycles. The molecule has 0 saturated heterocycles. The summed E-state index contributed by atoms with van der Waals surface area (Å²) in [6, 6.07) is 15.0. The number of aliphatic carboxylic acids is 1. The van der Waals surface area contributed by atoms with Gasteiger partial charge in [0.2, 0.25) is 5.16 Å². The van der Waals surface area contributed by atoms with Crippen molar-refractivity contribution in [1.29, 1.82) is 0 Å². The molecule has 0 radical (unpaired) electrons. The van der Waals surface area contributed by atoms with Crippen LogP contribution in [0.25, 0.3) is 11.1 Å². The van der Waals surface area contributed by atoms with Crippen molar-refractivity contribution in [3.8, 4) is 11.1 Å². The van der Waals surface area contributed by atoms with Crippen LogP contribution in [0.2, 0.25) is 0 Å². The lowest BCUT2D eigenvalue weighted by Gasteiger charge is -2.11. The van der Waals surface area contributed by atoms with E-state index in [9.17, 15) is 4.79 Å². The Morgan fingerprint density at radius 1 is 1.21 bits per heavy atom. The van der Waals surface area contributed by atoms with Crippen molar-refractivity contribution in [3.63, 3.8) is 0 Å². The second-order valence-electron chi connectivity index (χ2n) is 6.97. The Morgan fingerprint density at radius 2 is 1.93 bits per heavy atom. The largest absolute Gasteiger partial charge is 0.480 e. The van der Waals surface area contributed by atoms with Crippen LogP contribution in [0.1, 0.15) is 5.56 Å². The van der Waals surface area contributed by atoms with E-state index in [1.165, 1.54) is 11.8 Å². The highest BCUT2D eigenvalue weighted by Crippen LogP contribution is 2.30. The van der Waals surface area contributed by atoms with Gasteiger partial charge in [0.15, 0.2) is 0 Å². The van der Waals surface area contributed by atoms with Crippen LogP contribution in [-0.2, 0) is 17.8 Å². The van der Waals surface area contributed by atoms with Gasteiger partial charge in [0.05, 0.1) is 6.54 Å². The molecular formula is C20H24N6O2S. The SMILES string of the molecule is CN(C)CCn1nnnc1Sc1cccc(-c2cccc(CC(N)C(=O)O)c2)c1. The molecule has 1 heterocycles. The van der Waals surface area contributed by atoms with Gasteiger partial charge in [-0.15, -0.1) is 5.10 Å². The van der Waals surface area contributed by atoms with Gasteiger partial charge in [-0.1, -0.05) is 36.4 Å². The summed E-state index contributed by atoms with van der Waals surface area (Å²) in [7, 11) is 4.02. The number of hydrogen-bond acceptors (Lipinski definition) is 7. The Labute approximate surface area is 173 Å². The average molecular weight is 413 g/mol. The molecule has 1 aromatic heterocycles. The van der Waals surface area contributed by atoms with Gasteiger partial charge in [-0.05, 0) is 71.5 Å². The van der Waals surface area contributed by atoms with E-state index >= 15 is 0 Å². The maximum Gasteiger partial charge on any atom is 0.320 e. The molecule has 0 aliphatic rings. The molecule has 0 bridgehead atoms. The summed E-state index contributed by atoms with van der Waals surface area (Å²) in [4.78, 5) is 14.1. The van der Waals surface area contributed by atoms with Crippen LogP contribution in [0.5, 0.6) is 0 Å². The first-order valence-electron chi connectivity index (χ1n) is 9.19. The highest BCUT2D eigenvalue weighted by molar-refractivity contribution is 7.99. The topological polar surface area (TPSA) is 110 Å². The Bertz CT molecular complexity index is 975. The number of nitrogens with two attached hydrogens (primary N) is 1. The molecule has 0 fully saturated rings. The summed E-state index contributed by atoms with van der Waals surface area (Å²) >= 11 is 1.51. The second-order valence-corrected chi connectivity index (χ2v) is 8.01. The molecule has 0 aliphatic heterocycles. The molecule has 0 spiro atoms. The van der Waals surface area contributed by atoms with E-state index in [2.05, 4.69) is 26.5 Å². The van der Waals surface area contributed by atoms with Crippen LogP contribution in [0.3, 0.4) is 0 Å². The normalized spacial score (nSPS) is 12.3. The van der Waals surface area contributed by atoms with Crippen molar-refractivity contribution in [2.75, 3.05) is 20.6 Å². The number of hydrogen-bond donors (Lipinski definition) is 2. The highest BCUT2D eigenvalue weighted by Gasteiger charge is 2.13. The Morgan fingerprint density at radius 3 is 2.66 bits per heavy atom. The molecule has 3 N–H and O–H groups in total. The van der Waals surface area contributed by atoms with Crippen molar-refractivity contribution in [2.45, 2.75) is 29.1 Å². The van der Waals surface area contributed by atoms with Crippen LogP contribution in [0, 0.1) is 0 Å². The van der Waals surface area contributed by atoms with Crippen molar-refractivity contribution >= 4 is 17.7 Å². The number of nitrogens with zero attached hydrogens (tertiary/aromatic N) is 5. The molecule has 3 aromatic rings. The fourth-order valence-electron chi connectivity index (χ4n) is 2.77. The fraction of sp³-hybridized carbons (Fsp3) is 0.300. The molecule has 8 nitrogen and oxygen atoms in total. The predicted molar refractivity (Wildman–Crippen MR) is 112 cm³/mol. The maximum atomic E-state index is 11.0. The van der Waals surface area contributed by atoms with E-state index in [-0.39, 0.29) is 6.42 Å². The minimum Gasteiger partial charge on any atom is -0.480 e. The third kappa shape index (κ3) is 5.86. The Kier molecular flexibility index (Phi) is 6.97. The average Bonchev–Trinajstić information content (AvgIpc) is 3.13. The zero-order valence-electron chi connectivity index (χ0n) is 16.4. The van der Waals surface area contributed by atoms with Gasteiger partial charge in [-0.2, -0.15) is 0 Å². The number of carboxylic acid groups (broad SMARTS) is 1. The number of likely N-dealkylation sites (N-methyl/N-ethyl adjacent to an activating group) is 1. The molecule has 1 atom stereocenters. The van der Waals surface area contributed by atoms with Gasteiger partial charge in [-0.25, -0.2) is 4.68 Å². The van der Waals surface area contributed by atoms with Crippen LogP contribution in [0.4, 0.5) is 0 Å². The summed E-state index contributed by atoms with van der Waals surface area (Å²) < 4.78 is 1.80. The minimum absolute atomic E-state index is 0.290. The summed E-state index contributed by atoms with van der Waals surface area (Å²) in [6.45, 7) is 1.57. The first-order chi connectivity index (χ1) is 13.9. The zero-order chi connectivity index (χ0) is 20.8. The molecule has 9 heteroatoms. The van der Waals surface area contributed by atoms with Crippen LogP contribution >= 0.6 is 11.8 Å². The number of carbonyl (C=O) groups is 1. The van der Waals surface area contributed by atoms with Gasteiger partial charge in [0.1, 0.15) is 6.04 Å². The Hall–Kier alpha value is -2.75. The smallest absolute Gasteiger partial charge is 0.320 e. The zero-order valence-corrected chi connectivity index (χ0v) is 17.2. The van der Waals surface area contributed by atoms with Gasteiger partial charge in [-0.3, -0.25) is 4.79 Å². The lowest BCUT2D eigenvalue weighted by Crippen LogP contribution is -2.32. The first kappa shape index (κ1) is 21.0. The second kappa shape index (κ2) is 9.64. The summed E-state index contributed by atoms with van der Waals surface area (Å²) in [6.07, 6.45) is 0.290. The van der Waals surface area contributed by atoms with E-state index in [0.29, 0.717) is 6.54 Å². The maximum absolute atomic E-state index is 11.0. The third-order valence-corrected chi connectivity index (χ3v) is 5.30. The molecule has 0 aliphatic carbocycles. The number of carboxylic acids is 1. The minimum atomic E-state index is -0.999. The molecular weight excluding hydrogens is 388 g/mol. The van der Waals surface area contributed by atoms with Gasteiger partial charge >= 0.3 is 5.97 Å².